The number of hydrogen-bond acceptors (Lipinski definition) is 3. The van der Waals surface area contributed by atoms with E-state index in [0.29, 0.717) is 6.42 Å². The molecule has 1 saturated heterocycles. The number of nitrogens with zero attached hydrogens (tertiary/aromatic N) is 1. The first-order valence-electron chi connectivity index (χ1n) is 6.32. The van der Waals surface area contributed by atoms with Gasteiger partial charge in [0.25, 0.3) is 0 Å². The van der Waals surface area contributed by atoms with Gasteiger partial charge >= 0.3 is 0 Å². The molecule has 3 N–H and O–H groups in total. The molecule has 1 aliphatic heterocycles. The van der Waals surface area contributed by atoms with E-state index in [1.54, 1.807) is 0 Å². The van der Waals surface area contributed by atoms with Crippen molar-refractivity contribution in [2.45, 2.75) is 26.2 Å². The van der Waals surface area contributed by atoms with Gasteiger partial charge in [0.1, 0.15) is 0 Å². The second kappa shape index (κ2) is 6.77. The van der Waals surface area contributed by atoms with E-state index in [4.69, 9.17) is 15.9 Å². The van der Waals surface area contributed by atoms with Crippen molar-refractivity contribution in [1.29, 1.82) is 5.41 Å². The minimum absolute atomic E-state index is 0.118. The fourth-order valence-corrected chi connectivity index (χ4v) is 2.20. The zero-order valence-corrected chi connectivity index (χ0v) is 10.9. The molecule has 0 spiro atoms. The van der Waals surface area contributed by atoms with Crippen molar-refractivity contribution in [3.63, 3.8) is 0 Å². The largest absolute Gasteiger partial charge is 0.388 e. The second-order valence-electron chi connectivity index (χ2n) is 5.13. The molecule has 1 rings (SSSR count). The Morgan fingerprint density at radius 1 is 1.53 bits per heavy atom. The van der Waals surface area contributed by atoms with E-state index in [1.165, 1.54) is 0 Å². The first kappa shape index (κ1) is 14.2. The molecule has 0 bridgehead atoms. The molecule has 4 heteroatoms. The van der Waals surface area contributed by atoms with E-state index in [2.05, 4.69) is 18.4 Å². The summed E-state index contributed by atoms with van der Waals surface area (Å²) < 4.78 is 5.35. The normalized spacial score (nSPS) is 20.8. The van der Waals surface area contributed by atoms with Gasteiger partial charge in [-0.05, 0) is 18.3 Å². The van der Waals surface area contributed by atoms with Crippen LogP contribution >= 0.6 is 0 Å². The smallest absolute Gasteiger partial charge is 0.0905 e. The lowest BCUT2D eigenvalue weighted by molar-refractivity contribution is 0.0238. The van der Waals surface area contributed by atoms with Crippen LogP contribution in [0.15, 0.2) is 12.7 Å². The monoisotopic (exact) mass is 239 g/mol. The summed E-state index contributed by atoms with van der Waals surface area (Å²) in [5.41, 5.74) is 5.50. The quantitative estimate of drug-likeness (QED) is 0.403. The molecule has 1 atom stereocenters. The van der Waals surface area contributed by atoms with E-state index >= 15 is 0 Å². The second-order valence-corrected chi connectivity index (χ2v) is 5.13. The Bertz CT molecular complexity index is 261. The Kier molecular flexibility index (Phi) is 5.65. The zero-order chi connectivity index (χ0) is 12.7. The maximum Gasteiger partial charge on any atom is 0.0905 e. The summed E-state index contributed by atoms with van der Waals surface area (Å²) in [4.78, 5) is 2.43. The number of ether oxygens (including phenoxy) is 1. The molecule has 0 amide bonds. The third-order valence-corrected chi connectivity index (χ3v) is 3.38. The van der Waals surface area contributed by atoms with Crippen molar-refractivity contribution in [2.24, 2.45) is 11.1 Å². The van der Waals surface area contributed by atoms with Gasteiger partial charge in [0, 0.05) is 26.1 Å². The van der Waals surface area contributed by atoms with Gasteiger partial charge in [0.15, 0.2) is 0 Å². The van der Waals surface area contributed by atoms with Crippen LogP contribution in [0.25, 0.3) is 0 Å². The number of nitrogens with one attached hydrogen (secondary N) is 1. The molecule has 1 heterocycles. The molecule has 0 aromatic heterocycles. The van der Waals surface area contributed by atoms with Crippen molar-refractivity contribution in [2.75, 3.05) is 32.8 Å². The molecule has 98 valence electrons. The van der Waals surface area contributed by atoms with Gasteiger partial charge in [-0.15, -0.1) is 6.58 Å². The summed E-state index contributed by atoms with van der Waals surface area (Å²) in [5.74, 6) is 0.280. The summed E-state index contributed by atoms with van der Waals surface area (Å²) in [7, 11) is 0. The molecule has 1 aliphatic rings. The van der Waals surface area contributed by atoms with Crippen LogP contribution < -0.4 is 5.73 Å². The predicted octanol–water partition coefficient (Wildman–Crippen LogP) is 1.62. The predicted molar refractivity (Wildman–Crippen MR) is 71.3 cm³/mol. The Labute approximate surface area is 104 Å². The van der Waals surface area contributed by atoms with Gasteiger partial charge in [0.2, 0.25) is 0 Å². The van der Waals surface area contributed by atoms with E-state index in [1.807, 2.05) is 6.08 Å². The molecule has 17 heavy (non-hydrogen) atoms. The lowest BCUT2D eigenvalue weighted by Gasteiger charge is -2.35. The van der Waals surface area contributed by atoms with Gasteiger partial charge in [-0.3, -0.25) is 10.3 Å². The average Bonchev–Trinajstić information content (AvgIpc) is 2.30. The highest BCUT2D eigenvalue weighted by atomic mass is 16.5. The number of nitrogens with two attached hydrogens (primary N) is 1. The molecule has 4 nitrogen and oxygen atoms in total. The number of morpholine rings is 1. The van der Waals surface area contributed by atoms with Crippen LogP contribution in [0.4, 0.5) is 0 Å². The lowest BCUT2D eigenvalue weighted by atomic mass is 9.84. The highest BCUT2D eigenvalue weighted by Crippen LogP contribution is 2.27. The molecule has 0 radical (unpaired) electrons. The zero-order valence-electron chi connectivity index (χ0n) is 10.9. The van der Waals surface area contributed by atoms with Gasteiger partial charge in [0.05, 0.1) is 19.0 Å². The number of hydrogen-bond donors (Lipinski definition) is 2. The first-order valence-corrected chi connectivity index (χ1v) is 6.32. The van der Waals surface area contributed by atoms with Gasteiger partial charge in [-0.2, -0.15) is 0 Å². The van der Waals surface area contributed by atoms with E-state index < -0.39 is 0 Å². The van der Waals surface area contributed by atoms with Crippen LogP contribution in [0.1, 0.15) is 26.2 Å². The average molecular weight is 239 g/mol. The Morgan fingerprint density at radius 3 is 2.71 bits per heavy atom. The van der Waals surface area contributed by atoms with E-state index in [-0.39, 0.29) is 11.3 Å². The maximum atomic E-state index is 7.24. The standard InChI is InChI=1S/C13H25N3O/c1-3-13(2,6-4-5-12(14)15)11-16-7-9-17-10-8-16/h3H,1,4-11H2,2H3,(H3,14,15). The van der Waals surface area contributed by atoms with Gasteiger partial charge in [-0.25, -0.2) is 0 Å². The summed E-state index contributed by atoms with van der Waals surface area (Å²) in [5, 5.41) is 7.24. The fraction of sp³-hybridized carbons (Fsp3) is 0.769. The molecule has 0 aliphatic carbocycles. The summed E-state index contributed by atoms with van der Waals surface area (Å²) >= 11 is 0. The van der Waals surface area contributed by atoms with Crippen LogP contribution in [-0.2, 0) is 4.74 Å². The summed E-state index contributed by atoms with van der Waals surface area (Å²) in [6, 6.07) is 0. The minimum atomic E-state index is 0.118. The molecule has 0 aromatic carbocycles. The SMILES string of the molecule is C=CC(C)(CCCC(=N)N)CN1CCOCC1. The van der Waals surface area contributed by atoms with E-state index in [9.17, 15) is 0 Å². The Morgan fingerprint density at radius 2 is 2.18 bits per heavy atom. The molecule has 1 fully saturated rings. The first-order chi connectivity index (χ1) is 8.06. The van der Waals surface area contributed by atoms with Crippen molar-refractivity contribution in [1.82, 2.24) is 4.90 Å². The van der Waals surface area contributed by atoms with E-state index in [0.717, 1.165) is 45.7 Å². The molecule has 0 saturated carbocycles. The Balaban J connectivity index is 2.37. The van der Waals surface area contributed by atoms with Crippen molar-refractivity contribution in [3.05, 3.63) is 12.7 Å². The number of amidine groups is 1. The third kappa shape index (κ3) is 5.33. The molecule has 1 unspecified atom stereocenters. The van der Waals surface area contributed by atoms with Crippen LogP contribution in [0.3, 0.4) is 0 Å². The Hall–Kier alpha value is -0.870. The summed E-state index contributed by atoms with van der Waals surface area (Å²) in [6.07, 6.45) is 4.73. The van der Waals surface area contributed by atoms with Gasteiger partial charge in [-0.1, -0.05) is 13.0 Å². The maximum absolute atomic E-state index is 7.24. The highest BCUT2D eigenvalue weighted by molar-refractivity contribution is 5.76. The summed E-state index contributed by atoms with van der Waals surface area (Å²) in [6.45, 7) is 10.9. The number of rotatable bonds is 7. The molecular weight excluding hydrogens is 214 g/mol. The van der Waals surface area contributed by atoms with Crippen LogP contribution in [-0.4, -0.2) is 43.6 Å². The van der Waals surface area contributed by atoms with Crippen LogP contribution in [0, 0.1) is 10.8 Å². The third-order valence-electron chi connectivity index (χ3n) is 3.38. The van der Waals surface area contributed by atoms with Crippen LogP contribution in [0.2, 0.25) is 0 Å². The minimum Gasteiger partial charge on any atom is -0.388 e. The fourth-order valence-electron chi connectivity index (χ4n) is 2.20. The molecular formula is C13H25N3O. The van der Waals surface area contributed by atoms with Crippen molar-refractivity contribution < 1.29 is 4.74 Å². The van der Waals surface area contributed by atoms with Crippen molar-refractivity contribution >= 4 is 5.84 Å². The lowest BCUT2D eigenvalue weighted by Crippen LogP contribution is -2.42. The van der Waals surface area contributed by atoms with Crippen molar-refractivity contribution in [3.8, 4) is 0 Å². The van der Waals surface area contributed by atoms with Gasteiger partial charge < -0.3 is 10.5 Å². The van der Waals surface area contributed by atoms with Crippen LogP contribution in [0.5, 0.6) is 0 Å². The highest BCUT2D eigenvalue weighted by Gasteiger charge is 2.24. The molecule has 0 aromatic rings. The topological polar surface area (TPSA) is 62.3 Å².